The van der Waals surface area contributed by atoms with Crippen LogP contribution in [0.4, 0.5) is 10.1 Å². The number of nitrogens with zero attached hydrogens (tertiary/aromatic N) is 1. The van der Waals surface area contributed by atoms with Crippen molar-refractivity contribution in [1.29, 1.82) is 0 Å². The summed E-state index contributed by atoms with van der Waals surface area (Å²) in [6, 6.07) is 9.95. The molecule has 0 spiro atoms. The number of amides is 2. The highest BCUT2D eigenvalue weighted by Crippen LogP contribution is 2.16. The van der Waals surface area contributed by atoms with Crippen molar-refractivity contribution < 1.29 is 27.1 Å². The number of halogens is 1. The molecule has 1 fully saturated rings. The topological polar surface area (TPSA) is 117 Å². The van der Waals surface area contributed by atoms with E-state index in [1.165, 1.54) is 7.05 Å². The van der Waals surface area contributed by atoms with E-state index in [-0.39, 0.29) is 22.9 Å². The predicted molar refractivity (Wildman–Crippen MR) is 121 cm³/mol. The first-order valence-electron chi connectivity index (χ1n) is 10.5. The van der Waals surface area contributed by atoms with Crippen LogP contribution in [0.1, 0.15) is 22.3 Å². The molecule has 9 nitrogen and oxygen atoms in total. The van der Waals surface area contributed by atoms with Gasteiger partial charge in [-0.1, -0.05) is 12.1 Å². The quantitative estimate of drug-likeness (QED) is 0.501. The lowest BCUT2D eigenvalue weighted by molar-refractivity contribution is -0.116. The van der Waals surface area contributed by atoms with Crippen molar-refractivity contribution in [3.63, 3.8) is 0 Å². The van der Waals surface area contributed by atoms with Gasteiger partial charge in [-0.25, -0.2) is 17.5 Å². The van der Waals surface area contributed by atoms with Gasteiger partial charge in [-0.3, -0.25) is 14.5 Å². The van der Waals surface area contributed by atoms with E-state index < -0.39 is 21.7 Å². The average molecular weight is 479 g/mol. The average Bonchev–Trinajstić information content (AvgIpc) is 2.82. The van der Waals surface area contributed by atoms with Gasteiger partial charge >= 0.3 is 0 Å². The van der Waals surface area contributed by atoms with E-state index in [0.717, 1.165) is 31.3 Å². The smallest absolute Gasteiger partial charge is 0.254 e. The second-order valence-corrected chi connectivity index (χ2v) is 9.37. The maximum atomic E-state index is 14.1. The number of morpholine rings is 1. The van der Waals surface area contributed by atoms with Crippen LogP contribution >= 0.6 is 0 Å². The van der Waals surface area contributed by atoms with E-state index in [1.54, 1.807) is 24.3 Å². The molecule has 33 heavy (non-hydrogen) atoms. The highest BCUT2D eigenvalue weighted by molar-refractivity contribution is 7.89. The number of rotatable bonds is 9. The van der Waals surface area contributed by atoms with Crippen molar-refractivity contribution in [3.05, 3.63) is 59.4 Å². The minimum atomic E-state index is -3.81. The van der Waals surface area contributed by atoms with Crippen LogP contribution < -0.4 is 15.4 Å². The Bertz CT molecular complexity index is 1100. The molecule has 1 heterocycles. The lowest BCUT2D eigenvalue weighted by Gasteiger charge is -2.26. The van der Waals surface area contributed by atoms with E-state index >= 15 is 0 Å². The van der Waals surface area contributed by atoms with Gasteiger partial charge in [0.2, 0.25) is 15.9 Å². The maximum Gasteiger partial charge on any atom is 0.254 e. The number of hydrogen-bond acceptors (Lipinski definition) is 6. The van der Waals surface area contributed by atoms with Crippen molar-refractivity contribution in [2.75, 3.05) is 45.2 Å². The highest BCUT2D eigenvalue weighted by Gasteiger charge is 2.18. The predicted octanol–water partition coefficient (Wildman–Crippen LogP) is 1.32. The Morgan fingerprint density at radius 2 is 1.88 bits per heavy atom. The number of ether oxygens (including phenoxy) is 1. The first-order chi connectivity index (χ1) is 15.8. The van der Waals surface area contributed by atoms with Gasteiger partial charge in [0.25, 0.3) is 5.91 Å². The Hall–Kier alpha value is -2.86. The Morgan fingerprint density at radius 1 is 1.12 bits per heavy atom. The van der Waals surface area contributed by atoms with Gasteiger partial charge in [-0.2, -0.15) is 0 Å². The summed E-state index contributed by atoms with van der Waals surface area (Å²) in [5.74, 6) is -1.70. The van der Waals surface area contributed by atoms with Gasteiger partial charge in [0.15, 0.2) is 0 Å². The molecule has 2 aromatic rings. The molecule has 2 amide bonds. The zero-order chi connectivity index (χ0) is 23.8. The Labute approximate surface area is 192 Å². The van der Waals surface area contributed by atoms with Crippen LogP contribution in [0, 0.1) is 5.82 Å². The number of carbonyl (C=O) groups excluding carboxylic acids is 2. The summed E-state index contributed by atoms with van der Waals surface area (Å²) in [4.78, 5) is 26.7. The number of benzene rings is 2. The van der Waals surface area contributed by atoms with Crippen molar-refractivity contribution in [2.24, 2.45) is 0 Å². The summed E-state index contributed by atoms with van der Waals surface area (Å²) < 4.78 is 45.4. The summed E-state index contributed by atoms with van der Waals surface area (Å²) in [6.45, 7) is 3.70. The summed E-state index contributed by atoms with van der Waals surface area (Å²) >= 11 is 0. The largest absolute Gasteiger partial charge is 0.379 e. The lowest BCUT2D eigenvalue weighted by atomic mass is 10.1. The van der Waals surface area contributed by atoms with Crippen molar-refractivity contribution in [3.8, 4) is 0 Å². The number of hydrogen-bond donors (Lipinski definition) is 3. The summed E-state index contributed by atoms with van der Waals surface area (Å²) in [5, 5.41) is 5.41. The molecule has 3 rings (SSSR count). The number of sulfonamides is 1. The van der Waals surface area contributed by atoms with E-state index in [2.05, 4.69) is 20.3 Å². The lowest BCUT2D eigenvalue weighted by Crippen LogP contribution is -2.38. The molecule has 0 aromatic heterocycles. The van der Waals surface area contributed by atoms with Crippen LogP contribution in [0.3, 0.4) is 0 Å². The minimum Gasteiger partial charge on any atom is -0.379 e. The fourth-order valence-electron chi connectivity index (χ4n) is 3.31. The van der Waals surface area contributed by atoms with Crippen LogP contribution in [0.2, 0.25) is 0 Å². The van der Waals surface area contributed by atoms with Gasteiger partial charge in [-0.15, -0.1) is 0 Å². The summed E-state index contributed by atoms with van der Waals surface area (Å²) in [5.41, 5.74) is 0.898. The zero-order valence-electron chi connectivity index (χ0n) is 18.3. The van der Waals surface area contributed by atoms with Crippen molar-refractivity contribution >= 4 is 27.5 Å². The van der Waals surface area contributed by atoms with Crippen LogP contribution in [-0.2, 0) is 26.1 Å². The Balaban J connectivity index is 1.56. The molecule has 0 unspecified atom stereocenters. The third-order valence-corrected chi connectivity index (χ3v) is 6.60. The first-order valence-corrected chi connectivity index (χ1v) is 12.0. The van der Waals surface area contributed by atoms with E-state index in [1.807, 2.05) is 0 Å². The monoisotopic (exact) mass is 478 g/mol. The molecule has 2 aromatic carbocycles. The van der Waals surface area contributed by atoms with Crippen molar-refractivity contribution in [2.45, 2.75) is 17.9 Å². The van der Waals surface area contributed by atoms with Gasteiger partial charge in [-0.05, 0) is 42.9 Å². The summed E-state index contributed by atoms with van der Waals surface area (Å²) in [6.07, 6.45) is 0.353. The number of carbonyl (C=O) groups is 2. The van der Waals surface area contributed by atoms with E-state index in [4.69, 9.17) is 4.74 Å². The molecular weight excluding hydrogens is 451 g/mol. The molecule has 3 N–H and O–H groups in total. The van der Waals surface area contributed by atoms with Crippen LogP contribution in [0.5, 0.6) is 0 Å². The molecule has 0 radical (unpaired) electrons. The third kappa shape index (κ3) is 7.06. The third-order valence-electron chi connectivity index (χ3n) is 5.18. The highest BCUT2D eigenvalue weighted by atomic mass is 32.2. The van der Waals surface area contributed by atoms with Gasteiger partial charge in [0.05, 0.1) is 23.7 Å². The molecule has 0 saturated carbocycles. The first kappa shape index (κ1) is 24.8. The van der Waals surface area contributed by atoms with Crippen LogP contribution in [-0.4, -0.2) is 65.0 Å². The van der Waals surface area contributed by atoms with Crippen LogP contribution in [0.15, 0.2) is 47.4 Å². The fourth-order valence-corrected chi connectivity index (χ4v) is 4.06. The molecule has 1 saturated heterocycles. The van der Waals surface area contributed by atoms with E-state index in [9.17, 15) is 22.4 Å². The van der Waals surface area contributed by atoms with Crippen LogP contribution in [0.25, 0.3) is 0 Å². The molecular formula is C22H27FN4O5S. The molecule has 0 atom stereocenters. The molecule has 1 aliphatic rings. The fraction of sp³-hybridized carbons (Fsp3) is 0.364. The standard InChI is InChI=1S/C22H27FN4O5S/c1-24-33(30,31)18-5-6-20(23)19(14-18)22(29)25-15-16-3-2-4-17(13-16)26-21(28)7-8-27-9-11-32-12-10-27/h2-6,13-14,24H,7-12,15H2,1H3,(H,25,29)(H,26,28). The second-order valence-electron chi connectivity index (χ2n) is 7.48. The molecule has 1 aliphatic heterocycles. The Morgan fingerprint density at radius 3 is 2.61 bits per heavy atom. The Kier molecular flexibility index (Phi) is 8.50. The molecule has 0 aliphatic carbocycles. The maximum absolute atomic E-state index is 14.1. The van der Waals surface area contributed by atoms with Gasteiger partial charge in [0.1, 0.15) is 5.82 Å². The van der Waals surface area contributed by atoms with Crippen molar-refractivity contribution in [1.82, 2.24) is 14.9 Å². The molecule has 0 bridgehead atoms. The molecule has 11 heteroatoms. The van der Waals surface area contributed by atoms with E-state index in [0.29, 0.717) is 37.4 Å². The minimum absolute atomic E-state index is 0.0682. The zero-order valence-corrected chi connectivity index (χ0v) is 19.1. The SMILES string of the molecule is CNS(=O)(=O)c1ccc(F)c(C(=O)NCc2cccc(NC(=O)CCN3CCOCC3)c2)c1. The molecule has 178 valence electrons. The van der Waals surface area contributed by atoms with Gasteiger partial charge in [0, 0.05) is 38.3 Å². The second kappa shape index (κ2) is 11.3. The number of nitrogens with one attached hydrogen (secondary N) is 3. The normalized spacial score (nSPS) is 14.6. The van der Waals surface area contributed by atoms with Gasteiger partial charge < -0.3 is 15.4 Å². The summed E-state index contributed by atoms with van der Waals surface area (Å²) in [7, 11) is -2.58. The number of anilines is 1.